The molecular weight excluding hydrogens is 421 g/mol. The molecule has 1 aromatic heterocycles. The molecule has 1 saturated heterocycles. The number of amides is 1. The number of piperidine rings is 1. The average molecular weight is 437 g/mol. The summed E-state index contributed by atoms with van der Waals surface area (Å²) in [6.07, 6.45) is -1.38. The molecule has 0 unspecified atom stereocenters. The third-order valence-corrected chi connectivity index (χ3v) is 6.27. The number of carbonyl (C=O) groups excluding carboxylic acids is 1. The van der Waals surface area contributed by atoms with Crippen LogP contribution in [0.2, 0.25) is 5.02 Å². The molecule has 0 atom stereocenters. The number of nitrogens with zero attached hydrogens (tertiary/aromatic N) is 1. The number of halogens is 4. The molecular formula is C17H16ClF3N2O4S. The van der Waals surface area contributed by atoms with Crippen molar-refractivity contribution in [3.63, 3.8) is 0 Å². The monoisotopic (exact) mass is 436 g/mol. The number of benzene rings is 1. The Morgan fingerprint density at radius 3 is 2.46 bits per heavy atom. The van der Waals surface area contributed by atoms with Gasteiger partial charge in [0.1, 0.15) is 6.26 Å². The quantitative estimate of drug-likeness (QED) is 0.795. The summed E-state index contributed by atoms with van der Waals surface area (Å²) < 4.78 is 71.1. The maximum absolute atomic E-state index is 13.0. The summed E-state index contributed by atoms with van der Waals surface area (Å²) in [4.78, 5) is 13.3. The molecule has 1 aromatic carbocycles. The third-order valence-electron chi connectivity index (χ3n) is 4.43. The lowest BCUT2D eigenvalue weighted by atomic mass is 10.1. The molecule has 0 spiro atoms. The molecule has 1 fully saturated rings. The second-order valence-electron chi connectivity index (χ2n) is 6.34. The van der Waals surface area contributed by atoms with Crippen LogP contribution in [0.5, 0.6) is 0 Å². The highest BCUT2D eigenvalue weighted by atomic mass is 35.5. The van der Waals surface area contributed by atoms with Crippen molar-refractivity contribution >= 4 is 27.5 Å². The van der Waals surface area contributed by atoms with Crippen molar-refractivity contribution in [1.82, 2.24) is 9.62 Å². The first-order valence-electron chi connectivity index (χ1n) is 8.28. The Kier molecular flexibility index (Phi) is 5.74. The number of nitrogens with one attached hydrogen (secondary N) is 1. The van der Waals surface area contributed by atoms with Gasteiger partial charge in [0.05, 0.1) is 27.3 Å². The van der Waals surface area contributed by atoms with Crippen LogP contribution in [0.15, 0.2) is 46.1 Å². The van der Waals surface area contributed by atoms with E-state index in [0.717, 1.165) is 12.1 Å². The van der Waals surface area contributed by atoms with Gasteiger partial charge in [-0.25, -0.2) is 13.1 Å². The second-order valence-corrected chi connectivity index (χ2v) is 8.46. The molecule has 0 aliphatic carbocycles. The van der Waals surface area contributed by atoms with Crippen LogP contribution in [-0.2, 0) is 16.2 Å². The minimum Gasteiger partial charge on any atom is -0.472 e. The third kappa shape index (κ3) is 4.50. The van der Waals surface area contributed by atoms with E-state index in [4.69, 9.17) is 16.0 Å². The predicted molar refractivity (Wildman–Crippen MR) is 94.4 cm³/mol. The standard InChI is InChI=1S/C17H16ClF3N2O4S/c18-15-2-1-13(9-14(15)17(19,20)21)28(25,26)22-12-3-6-23(7-4-12)16(24)11-5-8-27-10-11/h1-2,5,8-10,12,22H,3-4,6-7H2. The van der Waals surface area contributed by atoms with E-state index in [1.165, 1.54) is 18.6 Å². The zero-order chi connectivity index (χ0) is 20.5. The lowest BCUT2D eigenvalue weighted by Crippen LogP contribution is -2.46. The SMILES string of the molecule is O=C(c1ccoc1)N1CCC(NS(=O)(=O)c2ccc(Cl)c(C(F)(F)F)c2)CC1. The fourth-order valence-electron chi connectivity index (χ4n) is 2.95. The van der Waals surface area contributed by atoms with Crippen LogP contribution < -0.4 is 4.72 Å². The van der Waals surface area contributed by atoms with Gasteiger partial charge in [-0.2, -0.15) is 13.2 Å². The van der Waals surface area contributed by atoms with E-state index >= 15 is 0 Å². The topological polar surface area (TPSA) is 79.6 Å². The highest BCUT2D eigenvalue weighted by Crippen LogP contribution is 2.36. The van der Waals surface area contributed by atoms with E-state index < -0.39 is 37.7 Å². The molecule has 0 radical (unpaired) electrons. The number of furan rings is 1. The smallest absolute Gasteiger partial charge is 0.417 e. The zero-order valence-electron chi connectivity index (χ0n) is 14.4. The highest BCUT2D eigenvalue weighted by Gasteiger charge is 2.35. The molecule has 1 aliphatic heterocycles. The summed E-state index contributed by atoms with van der Waals surface area (Å²) in [5.41, 5.74) is -0.808. The van der Waals surface area contributed by atoms with E-state index in [2.05, 4.69) is 4.72 Å². The lowest BCUT2D eigenvalue weighted by Gasteiger charge is -2.32. The van der Waals surface area contributed by atoms with Crippen molar-refractivity contribution in [2.24, 2.45) is 0 Å². The Balaban J connectivity index is 1.67. The molecule has 0 saturated carbocycles. The number of sulfonamides is 1. The van der Waals surface area contributed by atoms with Crippen molar-refractivity contribution in [3.05, 3.63) is 52.9 Å². The number of likely N-dealkylation sites (tertiary alicyclic amines) is 1. The van der Waals surface area contributed by atoms with Crippen LogP contribution in [0.4, 0.5) is 13.2 Å². The highest BCUT2D eigenvalue weighted by molar-refractivity contribution is 7.89. The minimum atomic E-state index is -4.76. The minimum absolute atomic E-state index is 0.220. The molecule has 1 amide bonds. The van der Waals surface area contributed by atoms with Crippen LogP contribution in [0.1, 0.15) is 28.8 Å². The number of carbonyl (C=O) groups is 1. The van der Waals surface area contributed by atoms with Gasteiger partial charge in [-0.3, -0.25) is 4.79 Å². The molecule has 28 heavy (non-hydrogen) atoms. The summed E-state index contributed by atoms with van der Waals surface area (Å²) in [6.45, 7) is 0.622. The van der Waals surface area contributed by atoms with E-state index in [9.17, 15) is 26.4 Å². The average Bonchev–Trinajstić information content (AvgIpc) is 3.15. The zero-order valence-corrected chi connectivity index (χ0v) is 15.9. The van der Waals surface area contributed by atoms with Crippen molar-refractivity contribution in [2.75, 3.05) is 13.1 Å². The molecule has 2 heterocycles. The fourth-order valence-corrected chi connectivity index (χ4v) is 4.50. The van der Waals surface area contributed by atoms with E-state index in [0.29, 0.717) is 37.6 Å². The Morgan fingerprint density at radius 1 is 1.21 bits per heavy atom. The fraction of sp³-hybridized carbons (Fsp3) is 0.353. The predicted octanol–water partition coefficient (Wildman–Crippen LogP) is 3.53. The Bertz CT molecular complexity index is 953. The molecule has 1 aliphatic rings. The molecule has 2 aromatic rings. The van der Waals surface area contributed by atoms with Crippen molar-refractivity contribution in [1.29, 1.82) is 0 Å². The van der Waals surface area contributed by atoms with Crippen LogP contribution in [0, 0.1) is 0 Å². The molecule has 11 heteroatoms. The summed E-state index contributed by atoms with van der Waals surface area (Å²) >= 11 is 5.53. The number of hydrogen-bond donors (Lipinski definition) is 1. The van der Waals surface area contributed by atoms with Gasteiger partial charge < -0.3 is 9.32 Å². The van der Waals surface area contributed by atoms with Crippen LogP contribution in [-0.4, -0.2) is 38.4 Å². The first-order valence-corrected chi connectivity index (χ1v) is 10.1. The van der Waals surface area contributed by atoms with Gasteiger partial charge in [-0.05, 0) is 37.1 Å². The van der Waals surface area contributed by atoms with E-state index in [1.54, 1.807) is 4.90 Å². The maximum atomic E-state index is 13.0. The summed E-state index contributed by atoms with van der Waals surface area (Å²) in [5.74, 6) is -0.220. The Hall–Kier alpha value is -2.04. The lowest BCUT2D eigenvalue weighted by molar-refractivity contribution is -0.137. The van der Waals surface area contributed by atoms with Crippen LogP contribution in [0.25, 0.3) is 0 Å². The molecule has 3 rings (SSSR count). The van der Waals surface area contributed by atoms with Gasteiger partial charge in [-0.15, -0.1) is 0 Å². The Labute approximate surface area is 164 Å². The van der Waals surface area contributed by atoms with Crippen molar-refractivity contribution in [3.8, 4) is 0 Å². The molecule has 0 bridgehead atoms. The summed E-state index contributed by atoms with van der Waals surface area (Å²) in [5, 5.41) is -0.572. The first-order chi connectivity index (χ1) is 13.1. The van der Waals surface area contributed by atoms with E-state index in [-0.39, 0.29) is 5.91 Å². The van der Waals surface area contributed by atoms with Gasteiger partial charge in [0, 0.05) is 19.1 Å². The number of alkyl halides is 3. The molecule has 6 nitrogen and oxygen atoms in total. The first kappa shape index (κ1) is 20.7. The maximum Gasteiger partial charge on any atom is 0.417 e. The van der Waals surface area contributed by atoms with Gasteiger partial charge in [0.2, 0.25) is 10.0 Å². The summed E-state index contributed by atoms with van der Waals surface area (Å²) in [6, 6.07) is 3.49. The van der Waals surface area contributed by atoms with E-state index in [1.807, 2.05) is 0 Å². The molecule has 1 N–H and O–H groups in total. The number of rotatable bonds is 4. The van der Waals surface area contributed by atoms with Crippen molar-refractivity contribution < 1.29 is 30.8 Å². The number of hydrogen-bond acceptors (Lipinski definition) is 4. The van der Waals surface area contributed by atoms with Gasteiger partial charge >= 0.3 is 6.18 Å². The van der Waals surface area contributed by atoms with Crippen LogP contribution in [0.3, 0.4) is 0 Å². The van der Waals surface area contributed by atoms with Gasteiger partial charge in [0.15, 0.2) is 0 Å². The van der Waals surface area contributed by atoms with Gasteiger partial charge in [-0.1, -0.05) is 11.6 Å². The largest absolute Gasteiger partial charge is 0.472 e. The van der Waals surface area contributed by atoms with Crippen molar-refractivity contribution in [2.45, 2.75) is 30.0 Å². The second kappa shape index (κ2) is 7.76. The Morgan fingerprint density at radius 2 is 1.89 bits per heavy atom. The normalized spacial score (nSPS) is 16.4. The molecule has 152 valence electrons. The van der Waals surface area contributed by atoms with Gasteiger partial charge in [0.25, 0.3) is 5.91 Å². The summed E-state index contributed by atoms with van der Waals surface area (Å²) in [7, 11) is -4.17. The van der Waals surface area contributed by atoms with Crippen LogP contribution >= 0.6 is 11.6 Å².